The van der Waals surface area contributed by atoms with Crippen molar-refractivity contribution < 1.29 is 18.0 Å². The molecule has 0 aliphatic heterocycles. The van der Waals surface area contributed by atoms with Crippen LogP contribution in [-0.4, -0.2) is 69.7 Å². The molecule has 0 spiro atoms. The highest BCUT2D eigenvalue weighted by Gasteiger charge is 2.23. The van der Waals surface area contributed by atoms with Crippen molar-refractivity contribution in [3.63, 3.8) is 0 Å². The predicted molar refractivity (Wildman–Crippen MR) is 104 cm³/mol. The molecular formula is C17H25ClN4O4S. The zero-order chi connectivity index (χ0) is 20.2. The van der Waals surface area contributed by atoms with E-state index in [1.54, 1.807) is 11.9 Å². The van der Waals surface area contributed by atoms with Gasteiger partial charge in [-0.1, -0.05) is 11.6 Å². The Hall–Kier alpha value is -1.68. The Balaban J connectivity index is 1.90. The lowest BCUT2D eigenvalue weighted by Crippen LogP contribution is -2.37. The van der Waals surface area contributed by atoms with E-state index < -0.39 is 10.0 Å². The molecule has 1 fully saturated rings. The molecule has 150 valence electrons. The van der Waals surface area contributed by atoms with Gasteiger partial charge in [-0.2, -0.15) is 0 Å². The maximum absolute atomic E-state index is 12.2. The van der Waals surface area contributed by atoms with Gasteiger partial charge >= 0.3 is 0 Å². The molecule has 2 rings (SSSR count). The minimum Gasteiger partial charge on any atom is -0.352 e. The van der Waals surface area contributed by atoms with Gasteiger partial charge in [0.2, 0.25) is 21.8 Å². The molecule has 27 heavy (non-hydrogen) atoms. The summed E-state index contributed by atoms with van der Waals surface area (Å²) in [6.45, 7) is 0.609. The Morgan fingerprint density at radius 2 is 1.85 bits per heavy atom. The molecule has 0 heterocycles. The van der Waals surface area contributed by atoms with Crippen LogP contribution < -0.4 is 10.6 Å². The first kappa shape index (κ1) is 21.6. The first-order valence-corrected chi connectivity index (χ1v) is 10.4. The first-order valence-electron chi connectivity index (χ1n) is 8.59. The topological polar surface area (TPSA) is 98.8 Å². The van der Waals surface area contributed by atoms with Crippen LogP contribution in [0.5, 0.6) is 0 Å². The second-order valence-electron chi connectivity index (χ2n) is 6.81. The highest BCUT2D eigenvalue weighted by molar-refractivity contribution is 7.89. The zero-order valence-corrected chi connectivity index (χ0v) is 17.2. The number of anilines is 1. The van der Waals surface area contributed by atoms with Crippen LogP contribution in [0, 0.1) is 0 Å². The van der Waals surface area contributed by atoms with Gasteiger partial charge in [0.15, 0.2) is 0 Å². The number of rotatable bonds is 9. The summed E-state index contributed by atoms with van der Waals surface area (Å²) in [6.07, 6.45) is 2.21. The fraction of sp³-hybridized carbons (Fsp3) is 0.529. The quantitative estimate of drug-likeness (QED) is 0.628. The van der Waals surface area contributed by atoms with Crippen LogP contribution >= 0.6 is 11.6 Å². The van der Waals surface area contributed by atoms with Crippen molar-refractivity contribution in [3.05, 3.63) is 23.2 Å². The molecular weight excluding hydrogens is 392 g/mol. The van der Waals surface area contributed by atoms with Gasteiger partial charge in [-0.15, -0.1) is 0 Å². The number of nitrogens with zero attached hydrogens (tertiary/aromatic N) is 2. The second kappa shape index (κ2) is 9.01. The van der Waals surface area contributed by atoms with Gasteiger partial charge in [-0.3, -0.25) is 14.5 Å². The number of nitrogens with one attached hydrogen (secondary N) is 2. The molecule has 1 aromatic rings. The van der Waals surface area contributed by atoms with Crippen molar-refractivity contribution in [1.82, 2.24) is 14.5 Å². The second-order valence-corrected chi connectivity index (χ2v) is 9.37. The molecule has 10 heteroatoms. The molecule has 2 N–H and O–H groups in total. The van der Waals surface area contributed by atoms with Crippen LogP contribution in [0.4, 0.5) is 5.69 Å². The van der Waals surface area contributed by atoms with E-state index in [0.717, 1.165) is 17.1 Å². The van der Waals surface area contributed by atoms with Crippen molar-refractivity contribution in [1.29, 1.82) is 0 Å². The molecule has 1 saturated carbocycles. The number of hydrogen-bond acceptors (Lipinski definition) is 5. The van der Waals surface area contributed by atoms with Crippen molar-refractivity contribution >= 4 is 39.1 Å². The Morgan fingerprint density at radius 3 is 2.44 bits per heavy atom. The Labute approximate surface area is 164 Å². The highest BCUT2D eigenvalue weighted by atomic mass is 35.5. The van der Waals surface area contributed by atoms with Crippen LogP contribution in [0.3, 0.4) is 0 Å². The molecule has 0 atom stereocenters. The maximum atomic E-state index is 12.2. The SMILES string of the molecule is CN(CCC(=O)Nc1cc(S(=O)(=O)N(C)C)ccc1Cl)CC(=O)NC1CC1. The van der Waals surface area contributed by atoms with Crippen LogP contribution in [0.2, 0.25) is 5.02 Å². The van der Waals surface area contributed by atoms with E-state index in [1.165, 1.54) is 32.3 Å². The Bertz CT molecular complexity index is 809. The van der Waals surface area contributed by atoms with E-state index in [1.807, 2.05) is 0 Å². The fourth-order valence-corrected chi connectivity index (χ4v) is 3.39. The molecule has 0 unspecified atom stereocenters. The molecule has 0 aromatic heterocycles. The molecule has 8 nitrogen and oxygen atoms in total. The summed E-state index contributed by atoms with van der Waals surface area (Å²) in [5.41, 5.74) is 0.235. The Kier molecular flexibility index (Phi) is 7.21. The summed E-state index contributed by atoms with van der Waals surface area (Å²) in [5, 5.41) is 5.77. The van der Waals surface area contributed by atoms with Gasteiger partial charge in [0, 0.05) is 33.1 Å². The van der Waals surface area contributed by atoms with Gasteiger partial charge in [-0.25, -0.2) is 12.7 Å². The van der Waals surface area contributed by atoms with Crippen molar-refractivity contribution in [2.24, 2.45) is 0 Å². The minimum atomic E-state index is -3.63. The predicted octanol–water partition coefficient (Wildman–Crippen LogP) is 1.13. The third-order valence-corrected chi connectivity index (χ3v) is 6.21. The summed E-state index contributed by atoms with van der Waals surface area (Å²) in [7, 11) is 0.992. The normalized spacial score (nSPS) is 14.4. The van der Waals surface area contributed by atoms with E-state index in [2.05, 4.69) is 10.6 Å². The number of sulfonamides is 1. The van der Waals surface area contributed by atoms with E-state index in [4.69, 9.17) is 11.6 Å². The average Bonchev–Trinajstić information content (AvgIpc) is 3.38. The summed E-state index contributed by atoms with van der Waals surface area (Å²) in [5.74, 6) is -0.365. The van der Waals surface area contributed by atoms with Crippen molar-refractivity contribution in [2.45, 2.75) is 30.2 Å². The van der Waals surface area contributed by atoms with E-state index >= 15 is 0 Å². The lowest BCUT2D eigenvalue weighted by molar-refractivity contribution is -0.123. The lowest BCUT2D eigenvalue weighted by Gasteiger charge is -2.16. The molecule has 2 amide bonds. The van der Waals surface area contributed by atoms with E-state index in [-0.39, 0.29) is 40.4 Å². The number of carbonyl (C=O) groups excluding carboxylic acids is 2. The zero-order valence-electron chi connectivity index (χ0n) is 15.7. The standard InChI is InChI=1S/C17H25ClN4O4S/c1-21(2)27(25,26)13-6-7-14(18)15(10-13)20-16(23)8-9-22(3)11-17(24)19-12-4-5-12/h6-7,10,12H,4-5,8-9,11H2,1-3H3,(H,19,24)(H,20,23). The highest BCUT2D eigenvalue weighted by Crippen LogP contribution is 2.26. The largest absolute Gasteiger partial charge is 0.352 e. The summed E-state index contributed by atoms with van der Waals surface area (Å²) < 4.78 is 25.5. The third kappa shape index (κ3) is 6.46. The third-order valence-electron chi connectivity index (χ3n) is 4.07. The van der Waals surface area contributed by atoms with Gasteiger partial charge in [-0.05, 0) is 38.1 Å². The number of hydrogen-bond donors (Lipinski definition) is 2. The summed E-state index contributed by atoms with van der Waals surface area (Å²) in [4.78, 5) is 25.7. The molecule has 0 bridgehead atoms. The smallest absolute Gasteiger partial charge is 0.242 e. The fourth-order valence-electron chi connectivity index (χ4n) is 2.30. The number of halogens is 1. The van der Waals surface area contributed by atoms with Crippen LogP contribution in [-0.2, 0) is 19.6 Å². The average molecular weight is 417 g/mol. The van der Waals surface area contributed by atoms with Gasteiger partial charge in [0.1, 0.15) is 0 Å². The minimum absolute atomic E-state index is 0.0427. The van der Waals surface area contributed by atoms with E-state index in [0.29, 0.717) is 12.6 Å². The van der Waals surface area contributed by atoms with Gasteiger partial charge in [0.05, 0.1) is 22.2 Å². The summed E-state index contributed by atoms with van der Waals surface area (Å²) >= 11 is 6.07. The number of amides is 2. The van der Waals surface area contributed by atoms with Crippen LogP contribution in [0.25, 0.3) is 0 Å². The van der Waals surface area contributed by atoms with Crippen LogP contribution in [0.15, 0.2) is 23.1 Å². The van der Waals surface area contributed by atoms with Gasteiger partial charge in [0.25, 0.3) is 0 Å². The van der Waals surface area contributed by atoms with Crippen molar-refractivity contribution in [3.8, 4) is 0 Å². The maximum Gasteiger partial charge on any atom is 0.242 e. The van der Waals surface area contributed by atoms with Crippen LogP contribution in [0.1, 0.15) is 19.3 Å². The monoisotopic (exact) mass is 416 g/mol. The molecule has 1 aromatic carbocycles. The lowest BCUT2D eigenvalue weighted by atomic mass is 10.3. The molecule has 0 saturated heterocycles. The van der Waals surface area contributed by atoms with Crippen molar-refractivity contribution in [2.75, 3.05) is 39.5 Å². The first-order chi connectivity index (χ1) is 12.6. The Morgan fingerprint density at radius 1 is 1.19 bits per heavy atom. The number of benzene rings is 1. The van der Waals surface area contributed by atoms with E-state index in [9.17, 15) is 18.0 Å². The number of carbonyl (C=O) groups is 2. The molecule has 1 aliphatic carbocycles. The number of likely N-dealkylation sites (N-methyl/N-ethyl adjacent to an activating group) is 1. The van der Waals surface area contributed by atoms with Gasteiger partial charge < -0.3 is 10.6 Å². The molecule has 1 aliphatic rings. The summed E-state index contributed by atoms with van der Waals surface area (Å²) in [6, 6.07) is 4.46. The molecule has 0 radical (unpaired) electrons.